The SMILES string of the molecule is CCCCCCCCCCCCCCCOCCNS(=O)O. The minimum atomic E-state index is -1.91. The van der Waals surface area contributed by atoms with Crippen LogP contribution in [0, 0.1) is 0 Å². The van der Waals surface area contributed by atoms with Crippen molar-refractivity contribution in [3.05, 3.63) is 0 Å². The Hall–Kier alpha value is 0.0300. The monoisotopic (exact) mass is 335 g/mol. The predicted molar refractivity (Wildman–Crippen MR) is 95.3 cm³/mol. The first-order valence-electron chi connectivity index (χ1n) is 9.19. The third kappa shape index (κ3) is 20.0. The van der Waals surface area contributed by atoms with Gasteiger partial charge in [0.25, 0.3) is 0 Å². The maximum absolute atomic E-state index is 10.3. The van der Waals surface area contributed by atoms with E-state index in [1.807, 2.05) is 0 Å². The minimum Gasteiger partial charge on any atom is -0.380 e. The Morgan fingerprint density at radius 3 is 1.68 bits per heavy atom. The van der Waals surface area contributed by atoms with Gasteiger partial charge in [-0.3, -0.25) is 4.55 Å². The van der Waals surface area contributed by atoms with Crippen molar-refractivity contribution in [3.8, 4) is 0 Å². The van der Waals surface area contributed by atoms with Crippen molar-refractivity contribution in [1.82, 2.24) is 4.72 Å². The number of hydrogen-bond acceptors (Lipinski definition) is 2. The molecule has 1 unspecified atom stereocenters. The van der Waals surface area contributed by atoms with Gasteiger partial charge in [0.2, 0.25) is 11.3 Å². The van der Waals surface area contributed by atoms with Crippen molar-refractivity contribution < 1.29 is 13.5 Å². The Morgan fingerprint density at radius 2 is 1.23 bits per heavy atom. The lowest BCUT2D eigenvalue weighted by molar-refractivity contribution is 0.135. The van der Waals surface area contributed by atoms with Crippen LogP contribution >= 0.6 is 0 Å². The lowest BCUT2D eigenvalue weighted by Gasteiger charge is -2.04. The first-order chi connectivity index (χ1) is 10.8. The summed E-state index contributed by atoms with van der Waals surface area (Å²) < 4.78 is 26.6. The van der Waals surface area contributed by atoms with Gasteiger partial charge in [-0.05, 0) is 6.42 Å². The second-order valence-corrected chi connectivity index (χ2v) is 6.79. The zero-order valence-corrected chi connectivity index (χ0v) is 15.3. The van der Waals surface area contributed by atoms with Gasteiger partial charge in [0.1, 0.15) is 0 Å². The molecule has 0 amide bonds. The quantitative estimate of drug-likeness (QED) is 0.279. The van der Waals surface area contributed by atoms with Crippen molar-refractivity contribution >= 4 is 11.3 Å². The van der Waals surface area contributed by atoms with E-state index >= 15 is 0 Å². The van der Waals surface area contributed by atoms with E-state index < -0.39 is 11.3 Å². The summed E-state index contributed by atoms with van der Waals surface area (Å²) in [5.41, 5.74) is 0. The van der Waals surface area contributed by atoms with Crippen LogP contribution in [0.2, 0.25) is 0 Å². The molecule has 22 heavy (non-hydrogen) atoms. The lowest BCUT2D eigenvalue weighted by Crippen LogP contribution is -2.21. The van der Waals surface area contributed by atoms with E-state index in [1.54, 1.807) is 0 Å². The fourth-order valence-corrected chi connectivity index (χ4v) is 2.78. The van der Waals surface area contributed by atoms with Crippen LogP contribution in [0.1, 0.15) is 90.4 Å². The topological polar surface area (TPSA) is 58.6 Å². The van der Waals surface area contributed by atoms with Gasteiger partial charge in [-0.25, -0.2) is 8.93 Å². The van der Waals surface area contributed by atoms with Crippen molar-refractivity contribution in [1.29, 1.82) is 0 Å². The van der Waals surface area contributed by atoms with Crippen LogP contribution < -0.4 is 4.72 Å². The highest BCUT2D eigenvalue weighted by molar-refractivity contribution is 7.77. The van der Waals surface area contributed by atoms with Crippen LogP contribution in [0.5, 0.6) is 0 Å². The molecule has 0 aliphatic rings. The van der Waals surface area contributed by atoms with Crippen molar-refractivity contribution in [2.75, 3.05) is 19.8 Å². The van der Waals surface area contributed by atoms with E-state index in [-0.39, 0.29) is 0 Å². The van der Waals surface area contributed by atoms with E-state index in [9.17, 15) is 4.21 Å². The molecule has 0 fully saturated rings. The Kier molecular flexibility index (Phi) is 19.1. The molecule has 5 heteroatoms. The highest BCUT2D eigenvalue weighted by Gasteiger charge is 1.95. The van der Waals surface area contributed by atoms with Gasteiger partial charge in [0.05, 0.1) is 6.61 Å². The molecule has 1 atom stereocenters. The third-order valence-electron chi connectivity index (χ3n) is 3.86. The standard InChI is InChI=1S/C17H37NO3S/c1-2-3-4-5-6-7-8-9-10-11-12-13-14-16-21-17-15-18-22(19)20/h18H,2-17H2,1H3,(H,19,20). The molecule has 0 aromatic rings. The fourth-order valence-electron chi connectivity index (χ4n) is 2.53. The van der Waals surface area contributed by atoms with Crippen molar-refractivity contribution in [2.45, 2.75) is 90.4 Å². The number of rotatable bonds is 18. The molecule has 0 aliphatic carbocycles. The predicted octanol–water partition coefficient (Wildman–Crippen LogP) is 4.82. The van der Waals surface area contributed by atoms with Gasteiger partial charge in [0, 0.05) is 13.2 Å². The Balaban J connectivity index is 2.95. The molecule has 0 rings (SSSR count). The fraction of sp³-hybridized carbons (Fsp3) is 1.00. The number of unbranched alkanes of at least 4 members (excludes halogenated alkanes) is 12. The molecule has 0 saturated carbocycles. The van der Waals surface area contributed by atoms with Crippen LogP contribution in [-0.2, 0) is 16.0 Å². The Labute approximate surface area is 140 Å². The molecule has 0 aromatic carbocycles. The second-order valence-electron chi connectivity index (χ2n) is 6.00. The summed E-state index contributed by atoms with van der Waals surface area (Å²) in [5.74, 6) is 0. The average Bonchev–Trinajstić information content (AvgIpc) is 2.50. The first kappa shape index (κ1) is 22.0. The maximum atomic E-state index is 10.3. The molecule has 4 nitrogen and oxygen atoms in total. The van der Waals surface area contributed by atoms with E-state index in [1.165, 1.54) is 77.0 Å². The summed E-state index contributed by atoms with van der Waals surface area (Å²) in [4.78, 5) is 0. The van der Waals surface area contributed by atoms with Crippen LogP contribution in [0.3, 0.4) is 0 Å². The van der Waals surface area contributed by atoms with Gasteiger partial charge in [-0.2, -0.15) is 0 Å². The lowest BCUT2D eigenvalue weighted by atomic mass is 10.0. The largest absolute Gasteiger partial charge is 0.380 e. The molecule has 134 valence electrons. The molecule has 0 bridgehead atoms. The molecule has 0 spiro atoms. The number of nitrogens with one attached hydrogen (secondary N) is 1. The summed E-state index contributed by atoms with van der Waals surface area (Å²) in [7, 11) is 0. The van der Waals surface area contributed by atoms with E-state index in [4.69, 9.17) is 9.29 Å². The Morgan fingerprint density at radius 1 is 0.773 bits per heavy atom. The van der Waals surface area contributed by atoms with Crippen molar-refractivity contribution in [3.63, 3.8) is 0 Å². The molecule has 0 aliphatic heterocycles. The van der Waals surface area contributed by atoms with Gasteiger partial charge in [-0.1, -0.05) is 84.0 Å². The normalized spacial score (nSPS) is 12.6. The van der Waals surface area contributed by atoms with Crippen molar-refractivity contribution in [2.24, 2.45) is 0 Å². The van der Waals surface area contributed by atoms with E-state index in [0.29, 0.717) is 13.2 Å². The highest BCUT2D eigenvalue weighted by Crippen LogP contribution is 2.12. The molecule has 0 saturated heterocycles. The summed E-state index contributed by atoms with van der Waals surface area (Å²) in [6.45, 7) is 3.97. The summed E-state index contributed by atoms with van der Waals surface area (Å²) >= 11 is -1.91. The van der Waals surface area contributed by atoms with Gasteiger partial charge in [0.15, 0.2) is 0 Å². The summed E-state index contributed by atoms with van der Waals surface area (Å²) in [5, 5.41) is 0. The summed E-state index contributed by atoms with van der Waals surface area (Å²) in [6.07, 6.45) is 17.6. The first-order valence-corrected chi connectivity index (χ1v) is 10.3. The smallest absolute Gasteiger partial charge is 0.231 e. The van der Waals surface area contributed by atoms with Gasteiger partial charge >= 0.3 is 0 Å². The number of ether oxygens (including phenoxy) is 1. The molecular formula is C17H37NO3S. The number of hydrogen-bond donors (Lipinski definition) is 2. The van der Waals surface area contributed by atoms with Crippen LogP contribution in [0.15, 0.2) is 0 Å². The van der Waals surface area contributed by atoms with Crippen LogP contribution in [0.25, 0.3) is 0 Å². The highest BCUT2D eigenvalue weighted by atomic mass is 32.2. The average molecular weight is 336 g/mol. The zero-order valence-electron chi connectivity index (χ0n) is 14.5. The second kappa shape index (κ2) is 19.1. The Bertz CT molecular complexity index is 240. The third-order valence-corrected chi connectivity index (χ3v) is 4.32. The molecule has 2 N–H and O–H groups in total. The molecule has 0 aromatic heterocycles. The van der Waals surface area contributed by atoms with Gasteiger partial charge in [-0.15, -0.1) is 0 Å². The molecular weight excluding hydrogens is 298 g/mol. The van der Waals surface area contributed by atoms with E-state index in [0.717, 1.165) is 13.0 Å². The van der Waals surface area contributed by atoms with E-state index in [2.05, 4.69) is 11.6 Å². The minimum absolute atomic E-state index is 0.432. The maximum Gasteiger partial charge on any atom is 0.231 e. The molecule has 0 radical (unpaired) electrons. The van der Waals surface area contributed by atoms with Gasteiger partial charge < -0.3 is 4.74 Å². The molecule has 0 heterocycles. The summed E-state index contributed by atoms with van der Waals surface area (Å²) in [6, 6.07) is 0. The van der Waals surface area contributed by atoms with Crippen LogP contribution in [-0.4, -0.2) is 28.5 Å². The van der Waals surface area contributed by atoms with Crippen LogP contribution in [0.4, 0.5) is 0 Å². The zero-order chi connectivity index (χ0) is 16.3.